The molecule has 7 nitrogen and oxygen atoms in total. The third kappa shape index (κ3) is 6.56. The van der Waals surface area contributed by atoms with E-state index in [0.29, 0.717) is 26.1 Å². The van der Waals surface area contributed by atoms with E-state index in [4.69, 9.17) is 0 Å². The zero-order chi connectivity index (χ0) is 21.3. The minimum Gasteiger partial charge on any atom is -0.344 e. The summed E-state index contributed by atoms with van der Waals surface area (Å²) in [4.78, 5) is 34.8. The topological polar surface area (TPSA) is 68.8 Å². The molecule has 7 heteroatoms. The van der Waals surface area contributed by atoms with E-state index < -0.39 is 0 Å². The first-order chi connectivity index (χ1) is 14.5. The van der Waals surface area contributed by atoms with Crippen molar-refractivity contribution in [1.29, 1.82) is 0 Å². The molecule has 1 aromatic carbocycles. The molecule has 2 heterocycles. The highest BCUT2D eigenvalue weighted by Crippen LogP contribution is 2.10. The van der Waals surface area contributed by atoms with Crippen LogP contribution in [0.25, 0.3) is 0 Å². The van der Waals surface area contributed by atoms with Crippen molar-refractivity contribution >= 4 is 11.9 Å². The highest BCUT2D eigenvalue weighted by molar-refractivity contribution is 5.83. The number of rotatable bonds is 7. The second-order valence-electron chi connectivity index (χ2n) is 7.80. The average molecular weight is 410 g/mol. The van der Waals surface area contributed by atoms with Gasteiger partial charge in [-0.3, -0.25) is 14.7 Å². The molecule has 2 aromatic rings. The van der Waals surface area contributed by atoms with Crippen LogP contribution >= 0.6 is 0 Å². The van der Waals surface area contributed by atoms with Gasteiger partial charge in [-0.25, -0.2) is 4.79 Å². The second-order valence-corrected chi connectivity index (χ2v) is 7.80. The summed E-state index contributed by atoms with van der Waals surface area (Å²) < 4.78 is 0. The molecular formula is C23H31N5O2. The Labute approximate surface area is 178 Å². The predicted molar refractivity (Wildman–Crippen MR) is 117 cm³/mol. The van der Waals surface area contributed by atoms with Gasteiger partial charge in [-0.1, -0.05) is 35.9 Å². The molecule has 3 amide bonds. The molecule has 1 N–H and O–H groups in total. The van der Waals surface area contributed by atoms with Crippen molar-refractivity contribution in [3.63, 3.8) is 0 Å². The first-order valence-electron chi connectivity index (χ1n) is 10.5. The van der Waals surface area contributed by atoms with Crippen LogP contribution < -0.4 is 5.32 Å². The number of aromatic nitrogens is 1. The summed E-state index contributed by atoms with van der Waals surface area (Å²) in [6.07, 6.45) is 2.44. The van der Waals surface area contributed by atoms with Gasteiger partial charge in [0.15, 0.2) is 0 Å². The summed E-state index contributed by atoms with van der Waals surface area (Å²) in [5, 5.41) is 2.76. The van der Waals surface area contributed by atoms with Gasteiger partial charge in [0.1, 0.15) is 0 Å². The van der Waals surface area contributed by atoms with Crippen LogP contribution in [0.1, 0.15) is 16.8 Å². The number of benzene rings is 1. The van der Waals surface area contributed by atoms with Crippen molar-refractivity contribution in [3.8, 4) is 0 Å². The van der Waals surface area contributed by atoms with Gasteiger partial charge in [-0.2, -0.15) is 0 Å². The number of hydrogen-bond donors (Lipinski definition) is 1. The van der Waals surface area contributed by atoms with Gasteiger partial charge < -0.3 is 15.1 Å². The third-order valence-electron chi connectivity index (χ3n) is 5.39. The van der Waals surface area contributed by atoms with E-state index >= 15 is 0 Å². The lowest BCUT2D eigenvalue weighted by Crippen LogP contribution is -2.52. The van der Waals surface area contributed by atoms with Crippen LogP contribution in [0.15, 0.2) is 48.7 Å². The Morgan fingerprint density at radius 3 is 2.60 bits per heavy atom. The number of pyridine rings is 1. The Bertz CT molecular complexity index is 834. The number of amides is 3. The minimum atomic E-state index is -0.170. The molecule has 1 aliphatic rings. The van der Waals surface area contributed by atoms with E-state index in [1.54, 1.807) is 23.0 Å². The lowest BCUT2D eigenvalue weighted by molar-refractivity contribution is -0.128. The molecule has 0 spiro atoms. The van der Waals surface area contributed by atoms with Crippen LogP contribution in [-0.4, -0.2) is 77.9 Å². The zero-order valence-corrected chi connectivity index (χ0v) is 17.9. The first-order valence-corrected chi connectivity index (χ1v) is 10.5. The third-order valence-corrected chi connectivity index (χ3v) is 5.39. The Kier molecular flexibility index (Phi) is 7.79. The number of nitrogens with one attached hydrogen (secondary N) is 1. The van der Waals surface area contributed by atoms with E-state index in [9.17, 15) is 9.59 Å². The SMILES string of the molecule is Cc1cccc(CN2CCN(C(=O)NCC(=O)N(C)CCc3ccccn3)CC2)c1. The number of urea groups is 1. The van der Waals surface area contributed by atoms with Crippen molar-refractivity contribution in [2.24, 2.45) is 0 Å². The number of carbonyl (C=O) groups is 2. The minimum absolute atomic E-state index is 0.0149. The van der Waals surface area contributed by atoms with Gasteiger partial charge in [-0.05, 0) is 24.6 Å². The van der Waals surface area contributed by atoms with Gasteiger partial charge in [-0.15, -0.1) is 0 Å². The summed E-state index contributed by atoms with van der Waals surface area (Å²) in [6, 6.07) is 14.1. The molecule has 1 aromatic heterocycles. The molecule has 0 aliphatic carbocycles. The average Bonchev–Trinajstić information content (AvgIpc) is 2.77. The molecule has 1 fully saturated rings. The maximum Gasteiger partial charge on any atom is 0.317 e. The molecule has 0 saturated carbocycles. The van der Waals surface area contributed by atoms with Crippen molar-refractivity contribution < 1.29 is 9.59 Å². The zero-order valence-electron chi connectivity index (χ0n) is 17.9. The molecule has 0 radical (unpaired) electrons. The fourth-order valence-electron chi connectivity index (χ4n) is 3.53. The number of piperazine rings is 1. The smallest absolute Gasteiger partial charge is 0.317 e. The van der Waals surface area contributed by atoms with Gasteiger partial charge in [0.2, 0.25) is 5.91 Å². The Hall–Kier alpha value is -2.93. The molecule has 30 heavy (non-hydrogen) atoms. The van der Waals surface area contributed by atoms with Crippen LogP contribution in [-0.2, 0) is 17.8 Å². The molecular weight excluding hydrogens is 378 g/mol. The maximum absolute atomic E-state index is 12.4. The highest BCUT2D eigenvalue weighted by Gasteiger charge is 2.22. The Morgan fingerprint density at radius 2 is 1.90 bits per heavy atom. The molecule has 1 saturated heterocycles. The largest absolute Gasteiger partial charge is 0.344 e. The van der Waals surface area contributed by atoms with Gasteiger partial charge in [0.05, 0.1) is 6.54 Å². The summed E-state index contributed by atoms with van der Waals surface area (Å²) >= 11 is 0. The van der Waals surface area contributed by atoms with Crippen molar-refractivity contribution in [1.82, 2.24) is 25.0 Å². The molecule has 3 rings (SSSR count). The Morgan fingerprint density at radius 1 is 1.10 bits per heavy atom. The fourth-order valence-corrected chi connectivity index (χ4v) is 3.53. The van der Waals surface area contributed by atoms with Gasteiger partial charge >= 0.3 is 6.03 Å². The van der Waals surface area contributed by atoms with Gasteiger partial charge in [0.25, 0.3) is 0 Å². The number of nitrogens with zero attached hydrogens (tertiary/aromatic N) is 4. The van der Waals surface area contributed by atoms with Crippen LogP contribution in [0.4, 0.5) is 4.79 Å². The molecule has 0 bridgehead atoms. The van der Waals surface area contributed by atoms with Crippen molar-refractivity contribution in [3.05, 3.63) is 65.5 Å². The number of carbonyl (C=O) groups excluding carboxylic acids is 2. The normalized spacial score (nSPS) is 14.4. The van der Waals surface area contributed by atoms with Crippen LogP contribution in [0.2, 0.25) is 0 Å². The Balaban J connectivity index is 1.35. The number of hydrogen-bond acceptors (Lipinski definition) is 4. The lowest BCUT2D eigenvalue weighted by atomic mass is 10.1. The summed E-state index contributed by atoms with van der Waals surface area (Å²) in [5.41, 5.74) is 3.51. The second kappa shape index (κ2) is 10.7. The summed E-state index contributed by atoms with van der Waals surface area (Å²) in [7, 11) is 1.75. The molecule has 0 atom stereocenters. The molecule has 1 aliphatic heterocycles. The lowest BCUT2D eigenvalue weighted by Gasteiger charge is -2.34. The van der Waals surface area contributed by atoms with E-state index in [-0.39, 0.29) is 18.5 Å². The summed E-state index contributed by atoms with van der Waals surface area (Å²) in [6.45, 7) is 6.59. The predicted octanol–water partition coefficient (Wildman–Crippen LogP) is 1.92. The van der Waals surface area contributed by atoms with Crippen LogP contribution in [0.3, 0.4) is 0 Å². The van der Waals surface area contributed by atoms with Crippen LogP contribution in [0, 0.1) is 6.92 Å². The molecule has 0 unspecified atom stereocenters. The van der Waals surface area contributed by atoms with E-state index in [2.05, 4.69) is 46.4 Å². The standard InChI is InChI=1S/C23H31N5O2/c1-19-6-5-7-20(16-19)18-27-12-14-28(15-13-27)23(30)25-17-22(29)26(2)11-9-21-8-3-4-10-24-21/h3-8,10,16H,9,11-15,17-18H2,1-2H3,(H,25,30). The summed E-state index contributed by atoms with van der Waals surface area (Å²) in [5.74, 6) is -0.0997. The highest BCUT2D eigenvalue weighted by atomic mass is 16.2. The fraction of sp³-hybridized carbons (Fsp3) is 0.435. The molecule has 160 valence electrons. The first kappa shape index (κ1) is 21.8. The van der Waals surface area contributed by atoms with E-state index in [0.717, 1.165) is 25.3 Å². The monoisotopic (exact) mass is 409 g/mol. The van der Waals surface area contributed by atoms with E-state index in [1.165, 1.54) is 11.1 Å². The number of aryl methyl sites for hydroxylation is 1. The van der Waals surface area contributed by atoms with Crippen molar-refractivity contribution in [2.75, 3.05) is 46.3 Å². The van der Waals surface area contributed by atoms with Gasteiger partial charge in [0, 0.05) is 64.6 Å². The number of likely N-dealkylation sites (N-methyl/N-ethyl adjacent to an activating group) is 1. The van der Waals surface area contributed by atoms with Crippen molar-refractivity contribution in [2.45, 2.75) is 19.9 Å². The quantitative estimate of drug-likeness (QED) is 0.759. The van der Waals surface area contributed by atoms with Crippen LogP contribution in [0.5, 0.6) is 0 Å². The van der Waals surface area contributed by atoms with E-state index in [1.807, 2.05) is 18.2 Å². The maximum atomic E-state index is 12.4.